The summed E-state index contributed by atoms with van der Waals surface area (Å²) in [5.41, 5.74) is 1.00. The molecule has 5 nitrogen and oxygen atoms in total. The summed E-state index contributed by atoms with van der Waals surface area (Å²) in [5, 5.41) is 6.89. The zero-order chi connectivity index (χ0) is 13.5. The average Bonchev–Trinajstić information content (AvgIpc) is 2.46. The third kappa shape index (κ3) is 4.36. The van der Waals surface area contributed by atoms with Gasteiger partial charge < -0.3 is 19.9 Å². The van der Waals surface area contributed by atoms with Crippen LogP contribution in [0, 0.1) is 0 Å². The number of pyridine rings is 1. The molecule has 2 heterocycles. The molecule has 19 heavy (non-hydrogen) atoms. The number of rotatable bonds is 6. The fourth-order valence-corrected chi connectivity index (χ4v) is 2.34. The fraction of sp³-hybridized carbons (Fsp3) is 0.643. The van der Waals surface area contributed by atoms with Gasteiger partial charge in [0.05, 0.1) is 12.3 Å². The van der Waals surface area contributed by atoms with Gasteiger partial charge in [0, 0.05) is 38.5 Å². The van der Waals surface area contributed by atoms with Gasteiger partial charge in [-0.05, 0) is 25.5 Å². The molecule has 1 saturated heterocycles. The molecule has 0 bridgehead atoms. The van der Waals surface area contributed by atoms with Crippen LogP contribution in [0.3, 0.4) is 0 Å². The van der Waals surface area contributed by atoms with Crippen molar-refractivity contribution in [1.29, 1.82) is 0 Å². The van der Waals surface area contributed by atoms with Crippen molar-refractivity contribution in [3.05, 3.63) is 28.7 Å². The first-order chi connectivity index (χ1) is 9.29. The van der Waals surface area contributed by atoms with E-state index in [-0.39, 0.29) is 5.56 Å². The van der Waals surface area contributed by atoms with Crippen molar-refractivity contribution in [3.63, 3.8) is 0 Å². The van der Waals surface area contributed by atoms with Crippen LogP contribution in [0.25, 0.3) is 0 Å². The predicted octanol–water partition coefficient (Wildman–Crippen LogP) is 1.05. The highest BCUT2D eigenvalue weighted by atomic mass is 16.5. The summed E-state index contributed by atoms with van der Waals surface area (Å²) in [7, 11) is 1.64. The molecule has 1 aliphatic rings. The van der Waals surface area contributed by atoms with Gasteiger partial charge in [-0.3, -0.25) is 4.79 Å². The lowest BCUT2D eigenvalue weighted by Gasteiger charge is -2.24. The van der Waals surface area contributed by atoms with Crippen molar-refractivity contribution >= 4 is 5.69 Å². The minimum atomic E-state index is 0.0124. The second-order valence-electron chi connectivity index (χ2n) is 4.97. The Morgan fingerprint density at radius 3 is 3.11 bits per heavy atom. The van der Waals surface area contributed by atoms with Crippen molar-refractivity contribution in [1.82, 2.24) is 9.88 Å². The number of aromatic nitrogens is 1. The molecule has 0 radical (unpaired) electrons. The molecule has 1 aromatic heterocycles. The molecule has 1 aromatic rings. The van der Waals surface area contributed by atoms with E-state index in [9.17, 15) is 4.79 Å². The van der Waals surface area contributed by atoms with Gasteiger partial charge in [0.1, 0.15) is 0 Å². The summed E-state index contributed by atoms with van der Waals surface area (Å²) in [4.78, 5) is 11.7. The number of ether oxygens (including phenoxy) is 1. The molecule has 2 N–H and O–H groups in total. The van der Waals surface area contributed by atoms with Crippen molar-refractivity contribution in [2.75, 3.05) is 32.1 Å². The monoisotopic (exact) mass is 265 g/mol. The number of nitrogens with one attached hydrogen (secondary N) is 2. The molecular formula is C14H23N3O2. The number of anilines is 1. The van der Waals surface area contributed by atoms with Crippen molar-refractivity contribution in [2.24, 2.45) is 0 Å². The van der Waals surface area contributed by atoms with Gasteiger partial charge in [-0.25, -0.2) is 0 Å². The lowest BCUT2D eigenvalue weighted by molar-refractivity contribution is 0.186. The van der Waals surface area contributed by atoms with E-state index in [2.05, 4.69) is 10.6 Å². The van der Waals surface area contributed by atoms with E-state index in [0.29, 0.717) is 19.2 Å². The third-order valence-corrected chi connectivity index (χ3v) is 3.48. The molecule has 0 amide bonds. The maximum Gasteiger partial charge on any atom is 0.250 e. The summed E-state index contributed by atoms with van der Waals surface area (Å²) < 4.78 is 6.69. The van der Waals surface area contributed by atoms with E-state index in [1.54, 1.807) is 17.7 Å². The maximum atomic E-state index is 11.7. The minimum absolute atomic E-state index is 0.0124. The third-order valence-electron chi connectivity index (χ3n) is 3.48. The van der Waals surface area contributed by atoms with Crippen LogP contribution in [0.2, 0.25) is 0 Å². The van der Waals surface area contributed by atoms with Crippen molar-refractivity contribution in [2.45, 2.75) is 31.8 Å². The van der Waals surface area contributed by atoms with Gasteiger partial charge >= 0.3 is 0 Å². The van der Waals surface area contributed by atoms with Gasteiger partial charge in [-0.2, -0.15) is 0 Å². The highest BCUT2D eigenvalue weighted by Crippen LogP contribution is 2.09. The highest BCUT2D eigenvalue weighted by molar-refractivity contribution is 5.40. The molecule has 106 valence electrons. The van der Waals surface area contributed by atoms with E-state index in [1.165, 1.54) is 19.3 Å². The molecule has 1 unspecified atom stereocenters. The van der Waals surface area contributed by atoms with Crippen LogP contribution < -0.4 is 16.2 Å². The number of methoxy groups -OCH3 is 1. The summed E-state index contributed by atoms with van der Waals surface area (Å²) in [6.45, 7) is 3.15. The summed E-state index contributed by atoms with van der Waals surface area (Å²) in [6, 6.07) is 3.98. The Balaban J connectivity index is 1.90. The molecule has 1 atom stereocenters. The Bertz CT molecular complexity index is 439. The highest BCUT2D eigenvalue weighted by Gasteiger charge is 2.11. The normalized spacial score (nSPS) is 19.3. The Kier molecular flexibility index (Phi) is 5.42. The van der Waals surface area contributed by atoms with Gasteiger partial charge in [0.2, 0.25) is 0 Å². The van der Waals surface area contributed by atoms with E-state index < -0.39 is 0 Å². The topological polar surface area (TPSA) is 55.3 Å². The van der Waals surface area contributed by atoms with Gasteiger partial charge in [0.15, 0.2) is 0 Å². The molecule has 0 aromatic carbocycles. The molecular weight excluding hydrogens is 242 g/mol. The lowest BCUT2D eigenvalue weighted by Crippen LogP contribution is -2.39. The number of hydrogen-bond donors (Lipinski definition) is 2. The maximum absolute atomic E-state index is 11.7. The van der Waals surface area contributed by atoms with Gasteiger partial charge in [-0.1, -0.05) is 6.42 Å². The summed E-state index contributed by atoms with van der Waals surface area (Å²) >= 11 is 0. The van der Waals surface area contributed by atoms with Crippen molar-refractivity contribution in [3.8, 4) is 0 Å². The molecule has 1 fully saturated rings. The fourth-order valence-electron chi connectivity index (χ4n) is 2.34. The first kappa shape index (κ1) is 14.1. The largest absolute Gasteiger partial charge is 0.383 e. The number of nitrogens with zero attached hydrogens (tertiary/aromatic N) is 1. The molecule has 5 heteroatoms. The molecule has 0 spiro atoms. The molecule has 2 rings (SSSR count). The van der Waals surface area contributed by atoms with Crippen LogP contribution in [0.5, 0.6) is 0 Å². The summed E-state index contributed by atoms with van der Waals surface area (Å²) in [5.74, 6) is 0. The second-order valence-corrected chi connectivity index (χ2v) is 4.97. The van der Waals surface area contributed by atoms with E-state index >= 15 is 0 Å². The lowest BCUT2D eigenvalue weighted by atomic mass is 10.1. The molecule has 0 saturated carbocycles. The zero-order valence-corrected chi connectivity index (χ0v) is 11.5. The van der Waals surface area contributed by atoms with Crippen LogP contribution in [0.15, 0.2) is 23.1 Å². The van der Waals surface area contributed by atoms with Crippen LogP contribution in [-0.4, -0.2) is 37.4 Å². The number of piperidine rings is 1. The Labute approximate surface area is 114 Å². The van der Waals surface area contributed by atoms with Crippen LogP contribution >= 0.6 is 0 Å². The predicted molar refractivity (Wildman–Crippen MR) is 76.7 cm³/mol. The van der Waals surface area contributed by atoms with Crippen LogP contribution in [0.4, 0.5) is 5.69 Å². The Morgan fingerprint density at radius 2 is 2.37 bits per heavy atom. The van der Waals surface area contributed by atoms with E-state index in [4.69, 9.17) is 4.74 Å². The van der Waals surface area contributed by atoms with Crippen LogP contribution in [0.1, 0.15) is 19.3 Å². The second kappa shape index (κ2) is 7.31. The van der Waals surface area contributed by atoms with E-state index in [0.717, 1.165) is 18.8 Å². The Hall–Kier alpha value is -1.33. The SMILES string of the molecule is COCCn1cc(NCC2CCCCN2)ccc1=O. The van der Waals surface area contributed by atoms with Gasteiger partial charge in [-0.15, -0.1) is 0 Å². The number of hydrogen-bond acceptors (Lipinski definition) is 4. The standard InChI is InChI=1S/C14H23N3O2/c1-19-9-8-17-11-13(5-6-14(17)18)16-10-12-4-2-3-7-15-12/h5-6,11-12,15-16H,2-4,7-10H2,1H3. The van der Waals surface area contributed by atoms with Crippen molar-refractivity contribution < 1.29 is 4.74 Å². The Morgan fingerprint density at radius 1 is 1.47 bits per heavy atom. The van der Waals surface area contributed by atoms with Crippen LogP contribution in [-0.2, 0) is 11.3 Å². The molecule has 1 aliphatic heterocycles. The minimum Gasteiger partial charge on any atom is -0.383 e. The quantitative estimate of drug-likeness (QED) is 0.807. The van der Waals surface area contributed by atoms with E-state index in [1.807, 2.05) is 12.3 Å². The first-order valence-electron chi connectivity index (χ1n) is 6.96. The summed E-state index contributed by atoms with van der Waals surface area (Å²) in [6.07, 6.45) is 5.66. The smallest absolute Gasteiger partial charge is 0.250 e. The first-order valence-corrected chi connectivity index (χ1v) is 6.96. The zero-order valence-electron chi connectivity index (χ0n) is 11.5. The average molecular weight is 265 g/mol. The van der Waals surface area contributed by atoms with Gasteiger partial charge in [0.25, 0.3) is 5.56 Å². The molecule has 0 aliphatic carbocycles.